The van der Waals surface area contributed by atoms with Crippen molar-refractivity contribution < 1.29 is 56.7 Å². The molecule has 1 aliphatic carbocycles. The van der Waals surface area contributed by atoms with E-state index in [2.05, 4.69) is 14.1 Å². The third-order valence-corrected chi connectivity index (χ3v) is 5.43. The number of rotatable bonds is 5. The molecule has 3 aliphatic heterocycles. The highest BCUT2D eigenvalue weighted by Crippen LogP contribution is 2.48. The molecule has 0 aromatic rings. The van der Waals surface area contributed by atoms with Gasteiger partial charge in [-0.25, -0.2) is 14.8 Å². The lowest BCUT2D eigenvalue weighted by Crippen LogP contribution is -2.42. The van der Waals surface area contributed by atoms with E-state index in [1.54, 1.807) is 0 Å². The number of hydrogen-bond donors (Lipinski definition) is 1. The molecule has 0 amide bonds. The van der Waals surface area contributed by atoms with Crippen molar-refractivity contribution in [3.8, 4) is 0 Å². The number of halogens is 2. The predicted molar refractivity (Wildman–Crippen MR) is 77.5 cm³/mol. The van der Waals surface area contributed by atoms with Gasteiger partial charge in [0.25, 0.3) is 0 Å². The van der Waals surface area contributed by atoms with Crippen LogP contribution in [0.1, 0.15) is 32.1 Å². The monoisotopic (exact) mass is 414 g/mol. The van der Waals surface area contributed by atoms with Crippen molar-refractivity contribution in [2.24, 2.45) is 0 Å². The van der Waals surface area contributed by atoms with Crippen LogP contribution in [-0.4, -0.2) is 58.9 Å². The van der Waals surface area contributed by atoms with Gasteiger partial charge in [0.2, 0.25) is 6.10 Å². The van der Waals surface area contributed by atoms with Gasteiger partial charge in [-0.1, -0.05) is 11.5 Å². The number of carbonyl (C=O) groups is 2. The molecule has 0 aromatic carbocycles. The van der Waals surface area contributed by atoms with Crippen molar-refractivity contribution in [2.75, 3.05) is 0 Å². The van der Waals surface area contributed by atoms with Gasteiger partial charge in [-0.3, -0.25) is 0 Å². The van der Waals surface area contributed by atoms with Crippen molar-refractivity contribution in [1.29, 1.82) is 0 Å². The number of carbonyl (C=O) groups excluding carboxylic acids is 2. The molecular weight excluding hydrogens is 398 g/mol. The quantitative estimate of drug-likeness (QED) is 0.303. The highest BCUT2D eigenvalue weighted by molar-refractivity contribution is 7.96. The van der Waals surface area contributed by atoms with Gasteiger partial charge in [0.15, 0.2) is 24.3 Å². The number of hydrogen-bond acceptors (Lipinski definition) is 11. The SMILES string of the molecule is O=C1OC2C3OC4(CCCCC4)OC3OC2C1OC(=O)C(F)(F)SOOO. The van der Waals surface area contributed by atoms with E-state index in [1.165, 1.54) is 0 Å². The van der Waals surface area contributed by atoms with Gasteiger partial charge in [0.05, 0.1) is 0 Å². The molecule has 0 aromatic heterocycles. The van der Waals surface area contributed by atoms with Crippen molar-refractivity contribution >= 4 is 24.0 Å². The molecule has 1 saturated carbocycles. The minimum absolute atomic E-state index is 0.684. The van der Waals surface area contributed by atoms with Gasteiger partial charge >= 0.3 is 17.2 Å². The molecule has 4 rings (SSSR count). The van der Waals surface area contributed by atoms with Crippen molar-refractivity contribution in [3.05, 3.63) is 0 Å². The second-order valence-electron chi connectivity index (χ2n) is 6.61. The zero-order valence-electron chi connectivity index (χ0n) is 13.7. The molecule has 3 heterocycles. The number of esters is 2. The lowest BCUT2D eigenvalue weighted by molar-refractivity contribution is -0.433. The molecule has 3 saturated heterocycles. The summed E-state index contributed by atoms with van der Waals surface area (Å²) in [6.45, 7) is 0. The molecule has 4 aliphatic rings. The van der Waals surface area contributed by atoms with Gasteiger partial charge in [-0.15, -0.1) is 4.33 Å². The highest BCUT2D eigenvalue weighted by Gasteiger charge is 2.66. The van der Waals surface area contributed by atoms with Crippen LogP contribution in [0.5, 0.6) is 0 Å². The molecule has 0 bridgehead atoms. The van der Waals surface area contributed by atoms with Crippen LogP contribution in [-0.2, 0) is 42.6 Å². The Morgan fingerprint density at radius 2 is 1.93 bits per heavy atom. The van der Waals surface area contributed by atoms with E-state index in [0.717, 1.165) is 19.3 Å². The lowest BCUT2D eigenvalue weighted by Gasteiger charge is -2.33. The maximum Gasteiger partial charge on any atom is 0.415 e. The van der Waals surface area contributed by atoms with Crippen LogP contribution in [0.3, 0.4) is 0 Å². The third kappa shape index (κ3) is 3.41. The fourth-order valence-corrected chi connectivity index (χ4v) is 4.02. The van der Waals surface area contributed by atoms with Crippen LogP contribution in [0, 0.1) is 0 Å². The van der Waals surface area contributed by atoms with E-state index in [1.807, 2.05) is 0 Å². The number of ether oxygens (including phenoxy) is 5. The fraction of sp³-hybridized carbons (Fsp3) is 0.857. The average Bonchev–Trinajstić information content (AvgIpc) is 3.23. The molecule has 5 unspecified atom stereocenters. The highest BCUT2D eigenvalue weighted by atomic mass is 32.2. The summed E-state index contributed by atoms with van der Waals surface area (Å²) in [5, 5.41) is 6.68. The van der Waals surface area contributed by atoms with Crippen LogP contribution in [0.4, 0.5) is 8.78 Å². The number of alkyl halides is 2. The Kier molecular flexibility index (Phi) is 5.03. The summed E-state index contributed by atoms with van der Waals surface area (Å²) < 4.78 is 57.8. The maximum atomic E-state index is 13.5. The first-order chi connectivity index (χ1) is 12.9. The topological polar surface area (TPSA) is 119 Å². The van der Waals surface area contributed by atoms with E-state index in [9.17, 15) is 18.4 Å². The first-order valence-corrected chi connectivity index (χ1v) is 9.06. The number of fused-ring (bicyclic) bond motifs is 3. The van der Waals surface area contributed by atoms with E-state index < -0.39 is 65.7 Å². The Hall–Kier alpha value is -1.09. The largest absolute Gasteiger partial charge is 0.454 e. The van der Waals surface area contributed by atoms with Crippen LogP contribution in [0.2, 0.25) is 0 Å². The summed E-state index contributed by atoms with van der Waals surface area (Å²) in [4.78, 5) is 23.6. The molecular formula is C14H16F2O10S. The smallest absolute Gasteiger partial charge is 0.415 e. The Morgan fingerprint density at radius 3 is 2.63 bits per heavy atom. The first kappa shape index (κ1) is 19.2. The van der Waals surface area contributed by atoms with E-state index in [-0.39, 0.29) is 0 Å². The Morgan fingerprint density at radius 1 is 1.19 bits per heavy atom. The van der Waals surface area contributed by atoms with Gasteiger partial charge in [-0.2, -0.15) is 8.78 Å². The molecule has 0 radical (unpaired) electrons. The molecule has 1 N–H and O–H groups in total. The van der Waals surface area contributed by atoms with Crippen molar-refractivity contribution in [1.82, 2.24) is 0 Å². The first-order valence-electron chi connectivity index (χ1n) is 8.32. The Labute approximate surface area is 155 Å². The molecule has 13 heteroatoms. The normalized spacial score (nSPS) is 37.1. The standard InChI is InChI=1S/C14H16F2O10S/c15-14(16,27-26-25-19)12(18)22-8-6-7(20-10(8)17)9-11(21-6)24-13(23-9)4-2-1-3-5-13/h6-9,11,19H,1-5H2. The predicted octanol–water partition coefficient (Wildman–Crippen LogP) is 1.29. The molecule has 5 atom stereocenters. The van der Waals surface area contributed by atoms with E-state index in [0.29, 0.717) is 12.8 Å². The third-order valence-electron chi connectivity index (χ3n) is 4.93. The van der Waals surface area contributed by atoms with E-state index in [4.69, 9.17) is 24.2 Å². The average molecular weight is 414 g/mol. The summed E-state index contributed by atoms with van der Waals surface area (Å²) in [7, 11) is 0. The van der Waals surface area contributed by atoms with Gasteiger partial charge in [-0.05, 0) is 12.8 Å². The Bertz CT molecular complexity index is 613. The minimum Gasteiger partial charge on any atom is -0.454 e. The second kappa shape index (κ2) is 7.06. The Balaban J connectivity index is 1.41. The molecule has 4 fully saturated rings. The molecule has 10 nitrogen and oxygen atoms in total. The van der Waals surface area contributed by atoms with Crippen LogP contribution >= 0.6 is 12.0 Å². The van der Waals surface area contributed by atoms with Gasteiger partial charge in [0, 0.05) is 12.8 Å². The van der Waals surface area contributed by atoms with E-state index >= 15 is 0 Å². The molecule has 152 valence electrons. The molecule has 27 heavy (non-hydrogen) atoms. The van der Waals surface area contributed by atoms with Crippen molar-refractivity contribution in [2.45, 2.75) is 73.9 Å². The summed E-state index contributed by atoms with van der Waals surface area (Å²) in [6.07, 6.45) is -1.03. The summed E-state index contributed by atoms with van der Waals surface area (Å²) >= 11 is -0.794. The molecule has 1 spiro atoms. The summed E-state index contributed by atoms with van der Waals surface area (Å²) in [5.74, 6) is -3.89. The second-order valence-corrected chi connectivity index (χ2v) is 7.43. The van der Waals surface area contributed by atoms with Crippen LogP contribution in [0.25, 0.3) is 0 Å². The summed E-state index contributed by atoms with van der Waals surface area (Å²) in [6, 6.07) is 0. The minimum atomic E-state index is -4.24. The van der Waals surface area contributed by atoms with Crippen molar-refractivity contribution in [3.63, 3.8) is 0 Å². The fourth-order valence-electron chi connectivity index (χ4n) is 3.79. The van der Waals surface area contributed by atoms with Gasteiger partial charge < -0.3 is 23.7 Å². The van der Waals surface area contributed by atoms with Crippen LogP contribution < -0.4 is 0 Å². The maximum absolute atomic E-state index is 13.5. The summed E-state index contributed by atoms with van der Waals surface area (Å²) in [5.41, 5.74) is 0. The zero-order chi connectivity index (χ0) is 19.2. The lowest BCUT2D eigenvalue weighted by atomic mass is 9.94. The van der Waals surface area contributed by atoms with Gasteiger partial charge in [0.1, 0.15) is 18.1 Å². The van der Waals surface area contributed by atoms with Crippen LogP contribution in [0.15, 0.2) is 0 Å². The zero-order valence-corrected chi connectivity index (χ0v) is 14.5.